The normalized spacial score (nSPS) is 11.2. The van der Waals surface area contributed by atoms with Gasteiger partial charge in [0.25, 0.3) is 5.91 Å². The Labute approximate surface area is 128 Å². The van der Waals surface area contributed by atoms with Gasteiger partial charge in [0.05, 0.1) is 12.1 Å². The summed E-state index contributed by atoms with van der Waals surface area (Å²) in [5.41, 5.74) is 6.14. The molecule has 1 amide bonds. The molecule has 1 aromatic carbocycles. The Kier molecular flexibility index (Phi) is 7.23. The smallest absolute Gasteiger partial charge is 0.251 e. The largest absolute Gasteiger partial charge is 0.494 e. The van der Waals surface area contributed by atoms with Crippen molar-refractivity contribution in [2.24, 2.45) is 5.73 Å². The SMILES string of the molecule is CCCCOc1ccc(C(=O)NC(CC)(CC)CN)cc1. The highest BCUT2D eigenvalue weighted by molar-refractivity contribution is 5.94. The van der Waals surface area contributed by atoms with Gasteiger partial charge >= 0.3 is 0 Å². The Morgan fingerprint density at radius 1 is 1.19 bits per heavy atom. The number of unbranched alkanes of at least 4 members (excludes halogenated alkanes) is 1. The van der Waals surface area contributed by atoms with Crippen molar-refractivity contribution in [1.29, 1.82) is 0 Å². The van der Waals surface area contributed by atoms with Gasteiger partial charge in [-0.3, -0.25) is 4.79 Å². The molecule has 0 aliphatic heterocycles. The molecule has 4 nitrogen and oxygen atoms in total. The van der Waals surface area contributed by atoms with Crippen LogP contribution in [0.15, 0.2) is 24.3 Å². The summed E-state index contributed by atoms with van der Waals surface area (Å²) in [6.45, 7) is 7.37. The number of ether oxygens (including phenoxy) is 1. The van der Waals surface area contributed by atoms with Crippen LogP contribution in [0, 0.1) is 0 Å². The molecule has 0 aromatic heterocycles. The molecule has 3 N–H and O–H groups in total. The quantitative estimate of drug-likeness (QED) is 0.687. The molecule has 0 aliphatic carbocycles. The lowest BCUT2D eigenvalue weighted by Gasteiger charge is -2.31. The first-order chi connectivity index (χ1) is 10.1. The van der Waals surface area contributed by atoms with Crippen LogP contribution in [0.5, 0.6) is 5.75 Å². The minimum absolute atomic E-state index is 0.0794. The highest BCUT2D eigenvalue weighted by Gasteiger charge is 2.26. The van der Waals surface area contributed by atoms with Crippen molar-refractivity contribution in [3.8, 4) is 5.75 Å². The van der Waals surface area contributed by atoms with Gasteiger partial charge in [0.15, 0.2) is 0 Å². The Morgan fingerprint density at radius 2 is 1.81 bits per heavy atom. The summed E-state index contributed by atoms with van der Waals surface area (Å²) >= 11 is 0. The van der Waals surface area contributed by atoms with E-state index in [-0.39, 0.29) is 11.4 Å². The van der Waals surface area contributed by atoms with Gasteiger partial charge in [-0.1, -0.05) is 27.2 Å². The minimum Gasteiger partial charge on any atom is -0.494 e. The lowest BCUT2D eigenvalue weighted by Crippen LogP contribution is -2.52. The van der Waals surface area contributed by atoms with Crippen molar-refractivity contribution >= 4 is 5.91 Å². The molecule has 0 bridgehead atoms. The van der Waals surface area contributed by atoms with E-state index >= 15 is 0 Å². The van der Waals surface area contributed by atoms with E-state index in [1.165, 1.54) is 0 Å². The van der Waals surface area contributed by atoms with Gasteiger partial charge in [-0.2, -0.15) is 0 Å². The third kappa shape index (κ3) is 5.05. The van der Waals surface area contributed by atoms with Gasteiger partial charge < -0.3 is 15.8 Å². The van der Waals surface area contributed by atoms with E-state index in [9.17, 15) is 4.79 Å². The van der Waals surface area contributed by atoms with Crippen molar-refractivity contribution < 1.29 is 9.53 Å². The van der Waals surface area contributed by atoms with Crippen molar-refractivity contribution in [2.45, 2.75) is 52.0 Å². The molecular formula is C17H28N2O2. The van der Waals surface area contributed by atoms with Gasteiger partial charge in [0, 0.05) is 12.1 Å². The maximum absolute atomic E-state index is 12.3. The van der Waals surface area contributed by atoms with Crippen molar-refractivity contribution in [2.75, 3.05) is 13.2 Å². The Bertz CT molecular complexity index is 417. The maximum Gasteiger partial charge on any atom is 0.251 e. The second kappa shape index (κ2) is 8.67. The molecule has 1 aromatic rings. The second-order valence-electron chi connectivity index (χ2n) is 5.37. The number of benzene rings is 1. The van der Waals surface area contributed by atoms with E-state index in [2.05, 4.69) is 12.2 Å². The molecule has 21 heavy (non-hydrogen) atoms. The zero-order chi connectivity index (χ0) is 15.7. The van der Waals surface area contributed by atoms with E-state index in [0.29, 0.717) is 18.7 Å². The van der Waals surface area contributed by atoms with E-state index in [4.69, 9.17) is 10.5 Å². The first-order valence-corrected chi connectivity index (χ1v) is 7.86. The molecule has 0 saturated heterocycles. The summed E-state index contributed by atoms with van der Waals surface area (Å²) in [7, 11) is 0. The summed E-state index contributed by atoms with van der Waals surface area (Å²) < 4.78 is 5.59. The fourth-order valence-electron chi connectivity index (χ4n) is 2.12. The number of rotatable bonds is 9. The summed E-state index contributed by atoms with van der Waals surface area (Å²) in [6, 6.07) is 7.27. The van der Waals surface area contributed by atoms with E-state index in [0.717, 1.165) is 31.4 Å². The van der Waals surface area contributed by atoms with Crippen LogP contribution in [0.1, 0.15) is 56.8 Å². The molecule has 0 fully saturated rings. The monoisotopic (exact) mass is 292 g/mol. The number of hydrogen-bond acceptors (Lipinski definition) is 3. The molecular weight excluding hydrogens is 264 g/mol. The van der Waals surface area contributed by atoms with Gasteiger partial charge in [-0.05, 0) is 43.5 Å². The third-order valence-corrected chi connectivity index (χ3v) is 4.01. The lowest BCUT2D eigenvalue weighted by atomic mass is 9.92. The average molecular weight is 292 g/mol. The van der Waals surface area contributed by atoms with Gasteiger partial charge in [0.2, 0.25) is 0 Å². The Balaban J connectivity index is 2.66. The number of amides is 1. The zero-order valence-electron chi connectivity index (χ0n) is 13.4. The van der Waals surface area contributed by atoms with Crippen LogP contribution in [-0.2, 0) is 0 Å². The standard InChI is InChI=1S/C17H28N2O2/c1-4-7-12-21-15-10-8-14(9-11-15)16(20)19-17(5-2,6-3)13-18/h8-11H,4-7,12-13,18H2,1-3H3,(H,19,20). The minimum atomic E-state index is -0.312. The molecule has 0 spiro atoms. The topological polar surface area (TPSA) is 64.3 Å². The van der Waals surface area contributed by atoms with Crippen LogP contribution in [0.3, 0.4) is 0 Å². The maximum atomic E-state index is 12.3. The third-order valence-electron chi connectivity index (χ3n) is 4.01. The average Bonchev–Trinajstić information content (AvgIpc) is 2.53. The summed E-state index contributed by atoms with van der Waals surface area (Å²) in [5, 5.41) is 3.06. The van der Waals surface area contributed by atoms with Crippen molar-refractivity contribution in [3.63, 3.8) is 0 Å². The second-order valence-corrected chi connectivity index (χ2v) is 5.37. The van der Waals surface area contributed by atoms with Crippen LogP contribution in [0.2, 0.25) is 0 Å². The molecule has 1 rings (SSSR count). The highest BCUT2D eigenvalue weighted by atomic mass is 16.5. The van der Waals surface area contributed by atoms with Crippen molar-refractivity contribution in [1.82, 2.24) is 5.32 Å². The fraction of sp³-hybridized carbons (Fsp3) is 0.588. The van der Waals surface area contributed by atoms with Gasteiger partial charge in [-0.15, -0.1) is 0 Å². The highest BCUT2D eigenvalue weighted by Crippen LogP contribution is 2.16. The van der Waals surface area contributed by atoms with Crippen LogP contribution in [0.4, 0.5) is 0 Å². The molecule has 0 heterocycles. The molecule has 0 aliphatic rings. The van der Waals surface area contributed by atoms with Crippen LogP contribution in [-0.4, -0.2) is 24.6 Å². The number of carbonyl (C=O) groups excluding carboxylic acids is 1. The van der Waals surface area contributed by atoms with Gasteiger partial charge in [-0.25, -0.2) is 0 Å². The lowest BCUT2D eigenvalue weighted by molar-refractivity contribution is 0.0895. The number of carbonyl (C=O) groups is 1. The van der Waals surface area contributed by atoms with E-state index < -0.39 is 0 Å². The van der Waals surface area contributed by atoms with E-state index in [1.807, 2.05) is 26.0 Å². The molecule has 4 heteroatoms. The summed E-state index contributed by atoms with van der Waals surface area (Å²) in [4.78, 5) is 12.3. The number of nitrogens with two attached hydrogens (primary N) is 1. The number of nitrogens with one attached hydrogen (secondary N) is 1. The molecule has 0 saturated carbocycles. The van der Waals surface area contributed by atoms with Crippen LogP contribution < -0.4 is 15.8 Å². The Hall–Kier alpha value is -1.55. The molecule has 0 radical (unpaired) electrons. The predicted octanol–water partition coefficient (Wildman–Crippen LogP) is 3.11. The van der Waals surface area contributed by atoms with Crippen LogP contribution in [0.25, 0.3) is 0 Å². The molecule has 0 atom stereocenters. The number of hydrogen-bond donors (Lipinski definition) is 2. The molecule has 0 unspecified atom stereocenters. The predicted molar refractivity (Wildman–Crippen MR) is 86.7 cm³/mol. The van der Waals surface area contributed by atoms with E-state index in [1.54, 1.807) is 12.1 Å². The molecule has 118 valence electrons. The fourth-order valence-corrected chi connectivity index (χ4v) is 2.12. The van der Waals surface area contributed by atoms with Crippen LogP contribution >= 0.6 is 0 Å². The summed E-state index contributed by atoms with van der Waals surface area (Å²) in [5.74, 6) is 0.723. The summed E-state index contributed by atoms with van der Waals surface area (Å²) in [6.07, 6.45) is 3.79. The zero-order valence-corrected chi connectivity index (χ0v) is 13.4. The van der Waals surface area contributed by atoms with Crippen molar-refractivity contribution in [3.05, 3.63) is 29.8 Å². The first kappa shape index (κ1) is 17.5. The Morgan fingerprint density at radius 3 is 2.29 bits per heavy atom. The first-order valence-electron chi connectivity index (χ1n) is 7.86. The van der Waals surface area contributed by atoms with Gasteiger partial charge in [0.1, 0.15) is 5.75 Å².